The van der Waals surface area contributed by atoms with Gasteiger partial charge in [-0.2, -0.15) is 0 Å². The molecule has 0 aromatic carbocycles. The zero-order valence-corrected chi connectivity index (χ0v) is 17.4. The SMILES string of the molecule is CCNC(=NCCCOCC1CCCO1)NCCNS(=O)(=O)c1cccs1. The predicted octanol–water partition coefficient (Wildman–Crippen LogP) is 1.17. The van der Waals surface area contributed by atoms with E-state index in [9.17, 15) is 8.42 Å². The second-order valence-corrected chi connectivity index (χ2v) is 9.02. The van der Waals surface area contributed by atoms with E-state index in [-0.39, 0.29) is 12.6 Å². The fraction of sp³-hybridized carbons (Fsp3) is 0.706. The number of nitrogens with zero attached hydrogens (tertiary/aromatic N) is 1. The average Bonchev–Trinajstić information content (AvgIpc) is 3.35. The highest BCUT2D eigenvalue weighted by Gasteiger charge is 2.15. The topological polar surface area (TPSA) is 101 Å². The van der Waals surface area contributed by atoms with Crippen LogP contribution in [-0.4, -0.2) is 66.5 Å². The lowest BCUT2D eigenvalue weighted by Gasteiger charge is -2.12. The monoisotopic (exact) mass is 418 g/mol. The van der Waals surface area contributed by atoms with Crippen LogP contribution in [0.2, 0.25) is 0 Å². The molecule has 3 N–H and O–H groups in total. The van der Waals surface area contributed by atoms with Crippen molar-refractivity contribution in [2.45, 2.75) is 36.5 Å². The second-order valence-electron chi connectivity index (χ2n) is 6.08. The molecule has 1 aliphatic heterocycles. The molecule has 1 atom stereocenters. The van der Waals surface area contributed by atoms with Gasteiger partial charge < -0.3 is 20.1 Å². The Morgan fingerprint density at radius 2 is 2.30 bits per heavy atom. The third kappa shape index (κ3) is 8.56. The summed E-state index contributed by atoms with van der Waals surface area (Å²) in [6.07, 6.45) is 3.29. The molecular formula is C17H30N4O4S2. The van der Waals surface area contributed by atoms with Crippen molar-refractivity contribution in [3.05, 3.63) is 17.5 Å². The van der Waals surface area contributed by atoms with Crippen LogP contribution in [0.3, 0.4) is 0 Å². The Bertz CT molecular complexity index is 644. The van der Waals surface area contributed by atoms with Gasteiger partial charge in [-0.1, -0.05) is 6.07 Å². The highest BCUT2D eigenvalue weighted by molar-refractivity contribution is 7.91. The number of nitrogens with one attached hydrogen (secondary N) is 3. The van der Waals surface area contributed by atoms with Crippen molar-refractivity contribution in [1.29, 1.82) is 0 Å². The first kappa shape index (κ1) is 22.1. The van der Waals surface area contributed by atoms with Gasteiger partial charge in [0.1, 0.15) is 4.21 Å². The molecule has 2 heterocycles. The molecule has 0 amide bonds. The summed E-state index contributed by atoms with van der Waals surface area (Å²) in [5.41, 5.74) is 0. The van der Waals surface area contributed by atoms with Gasteiger partial charge in [0.15, 0.2) is 5.96 Å². The molecular weight excluding hydrogens is 388 g/mol. The first-order valence-corrected chi connectivity index (χ1v) is 11.7. The molecule has 27 heavy (non-hydrogen) atoms. The lowest BCUT2D eigenvalue weighted by Crippen LogP contribution is -2.41. The van der Waals surface area contributed by atoms with Crippen molar-refractivity contribution in [2.75, 3.05) is 46.0 Å². The fourth-order valence-electron chi connectivity index (χ4n) is 2.54. The Balaban J connectivity index is 1.59. The third-order valence-electron chi connectivity index (χ3n) is 3.86. The average molecular weight is 419 g/mol. The van der Waals surface area contributed by atoms with Gasteiger partial charge >= 0.3 is 0 Å². The Kier molecular flexibility index (Phi) is 10.1. The van der Waals surface area contributed by atoms with Gasteiger partial charge in [-0.05, 0) is 37.6 Å². The van der Waals surface area contributed by atoms with Crippen molar-refractivity contribution >= 4 is 27.3 Å². The number of hydrogen-bond donors (Lipinski definition) is 3. The number of thiophene rings is 1. The molecule has 1 aromatic heterocycles. The molecule has 154 valence electrons. The quantitative estimate of drug-likeness (QED) is 0.268. The summed E-state index contributed by atoms with van der Waals surface area (Å²) in [5, 5.41) is 8.02. The molecule has 0 saturated carbocycles. The minimum absolute atomic E-state index is 0.255. The highest BCUT2D eigenvalue weighted by Crippen LogP contribution is 2.14. The van der Waals surface area contributed by atoms with E-state index in [1.54, 1.807) is 17.5 Å². The predicted molar refractivity (Wildman–Crippen MR) is 108 cm³/mol. The standard InChI is InChI=1S/C17H30N4O4S2/c1-2-18-17(19-8-5-11-24-14-15-6-3-12-25-15)20-9-10-21-27(22,23)16-7-4-13-26-16/h4,7,13,15,21H,2-3,5-6,8-12,14H2,1H3,(H2,18,19,20). The Labute approximate surface area is 165 Å². The molecule has 2 rings (SSSR count). The van der Waals surface area contributed by atoms with Crippen molar-refractivity contribution in [2.24, 2.45) is 4.99 Å². The van der Waals surface area contributed by atoms with Gasteiger partial charge in [-0.25, -0.2) is 13.1 Å². The van der Waals surface area contributed by atoms with E-state index in [4.69, 9.17) is 9.47 Å². The first-order valence-electron chi connectivity index (χ1n) is 9.36. The molecule has 10 heteroatoms. The minimum atomic E-state index is -3.42. The van der Waals surface area contributed by atoms with Gasteiger partial charge in [-0.3, -0.25) is 4.99 Å². The van der Waals surface area contributed by atoms with Crippen LogP contribution in [-0.2, 0) is 19.5 Å². The van der Waals surface area contributed by atoms with E-state index in [2.05, 4.69) is 20.3 Å². The van der Waals surface area contributed by atoms with Crippen LogP contribution in [0, 0.1) is 0 Å². The van der Waals surface area contributed by atoms with E-state index in [0.717, 1.165) is 32.4 Å². The van der Waals surface area contributed by atoms with E-state index in [1.807, 2.05) is 6.92 Å². The summed E-state index contributed by atoms with van der Waals surface area (Å²) in [6.45, 7) is 6.27. The van der Waals surface area contributed by atoms with E-state index in [0.29, 0.717) is 36.5 Å². The highest BCUT2D eigenvalue weighted by atomic mass is 32.2. The Morgan fingerprint density at radius 3 is 3.00 bits per heavy atom. The van der Waals surface area contributed by atoms with Gasteiger partial charge in [0.05, 0.1) is 12.7 Å². The Morgan fingerprint density at radius 1 is 1.41 bits per heavy atom. The molecule has 0 spiro atoms. The maximum absolute atomic E-state index is 12.0. The van der Waals surface area contributed by atoms with E-state index >= 15 is 0 Å². The summed E-state index contributed by atoms with van der Waals surface area (Å²) >= 11 is 1.20. The first-order chi connectivity index (χ1) is 13.1. The van der Waals surface area contributed by atoms with Crippen LogP contribution >= 0.6 is 11.3 Å². The van der Waals surface area contributed by atoms with Crippen molar-refractivity contribution in [3.8, 4) is 0 Å². The lowest BCUT2D eigenvalue weighted by atomic mass is 10.2. The number of sulfonamides is 1. The summed E-state index contributed by atoms with van der Waals surface area (Å²) in [4.78, 5) is 4.47. The fourth-order valence-corrected chi connectivity index (χ4v) is 4.61. The third-order valence-corrected chi connectivity index (χ3v) is 6.72. The lowest BCUT2D eigenvalue weighted by molar-refractivity contribution is 0.0171. The number of rotatable bonds is 12. The molecule has 0 aliphatic carbocycles. The van der Waals surface area contributed by atoms with Crippen LogP contribution < -0.4 is 15.4 Å². The molecule has 8 nitrogen and oxygen atoms in total. The van der Waals surface area contributed by atoms with E-state index < -0.39 is 10.0 Å². The van der Waals surface area contributed by atoms with Crippen molar-refractivity contribution < 1.29 is 17.9 Å². The van der Waals surface area contributed by atoms with Crippen LogP contribution in [0.5, 0.6) is 0 Å². The number of ether oxygens (including phenoxy) is 2. The molecule has 1 aliphatic rings. The van der Waals surface area contributed by atoms with Crippen LogP contribution in [0.1, 0.15) is 26.2 Å². The van der Waals surface area contributed by atoms with Crippen LogP contribution in [0.25, 0.3) is 0 Å². The van der Waals surface area contributed by atoms with Gasteiger partial charge in [-0.15, -0.1) is 11.3 Å². The molecule has 1 unspecified atom stereocenters. The van der Waals surface area contributed by atoms with Crippen molar-refractivity contribution in [1.82, 2.24) is 15.4 Å². The maximum Gasteiger partial charge on any atom is 0.250 e. The Hall–Kier alpha value is -1.20. The zero-order chi connectivity index (χ0) is 19.4. The molecule has 1 fully saturated rings. The largest absolute Gasteiger partial charge is 0.379 e. The minimum Gasteiger partial charge on any atom is -0.379 e. The van der Waals surface area contributed by atoms with Crippen LogP contribution in [0.4, 0.5) is 0 Å². The molecule has 0 bridgehead atoms. The van der Waals surface area contributed by atoms with Gasteiger partial charge in [0.2, 0.25) is 10.0 Å². The van der Waals surface area contributed by atoms with Crippen LogP contribution in [0.15, 0.2) is 26.7 Å². The summed E-state index contributed by atoms with van der Waals surface area (Å²) < 4.78 is 38.1. The summed E-state index contributed by atoms with van der Waals surface area (Å²) in [7, 11) is -3.42. The smallest absolute Gasteiger partial charge is 0.250 e. The zero-order valence-electron chi connectivity index (χ0n) is 15.8. The molecule has 0 radical (unpaired) electrons. The van der Waals surface area contributed by atoms with Gasteiger partial charge in [0.25, 0.3) is 0 Å². The number of hydrogen-bond acceptors (Lipinski definition) is 6. The summed E-state index contributed by atoms with van der Waals surface area (Å²) in [5.74, 6) is 0.673. The van der Waals surface area contributed by atoms with Gasteiger partial charge in [0, 0.05) is 39.4 Å². The molecule has 1 saturated heterocycles. The normalized spacial score (nSPS) is 18.0. The van der Waals surface area contributed by atoms with E-state index in [1.165, 1.54) is 11.3 Å². The van der Waals surface area contributed by atoms with Crippen molar-refractivity contribution in [3.63, 3.8) is 0 Å². The maximum atomic E-state index is 12.0. The summed E-state index contributed by atoms with van der Waals surface area (Å²) in [6, 6.07) is 3.31. The number of aliphatic imine (C=N–C) groups is 1. The number of guanidine groups is 1. The second kappa shape index (κ2) is 12.3. The molecule has 1 aromatic rings.